The zero-order chi connectivity index (χ0) is 21.9. The summed E-state index contributed by atoms with van der Waals surface area (Å²) in [7, 11) is 0. The molecule has 3 aliphatic rings. The third kappa shape index (κ3) is 4.44. The van der Waals surface area contributed by atoms with Gasteiger partial charge in [-0.25, -0.2) is 0 Å². The van der Waals surface area contributed by atoms with Crippen LogP contribution < -0.4 is 14.7 Å². The molecule has 0 unspecified atom stereocenters. The number of anilines is 3. The summed E-state index contributed by atoms with van der Waals surface area (Å²) in [4.78, 5) is 33.7. The van der Waals surface area contributed by atoms with Crippen LogP contribution in [-0.4, -0.2) is 72.7 Å². The number of carbonyl (C=O) groups excluding carboxylic acids is 2. The van der Waals surface area contributed by atoms with Gasteiger partial charge in [0.15, 0.2) is 0 Å². The number of benzene rings is 1. The van der Waals surface area contributed by atoms with Crippen molar-refractivity contribution < 1.29 is 9.59 Å². The molecule has 0 N–H and O–H groups in total. The van der Waals surface area contributed by atoms with Crippen LogP contribution in [-0.2, 0) is 9.59 Å². The number of piperazine rings is 1. The number of aromatic nitrogens is 2. The Balaban J connectivity index is 1.12. The van der Waals surface area contributed by atoms with Crippen LogP contribution in [0.5, 0.6) is 0 Å². The Morgan fingerprint density at radius 2 is 1.56 bits per heavy atom. The molecule has 0 aliphatic carbocycles. The normalized spacial score (nSPS) is 20.7. The molecular weight excluding hydrogens is 424 g/mol. The van der Waals surface area contributed by atoms with E-state index >= 15 is 0 Å². The van der Waals surface area contributed by atoms with E-state index in [4.69, 9.17) is 0 Å². The van der Waals surface area contributed by atoms with Crippen molar-refractivity contribution in [2.24, 2.45) is 5.92 Å². The summed E-state index contributed by atoms with van der Waals surface area (Å²) in [6, 6.07) is 10.4. The average molecular weight is 455 g/mol. The van der Waals surface area contributed by atoms with E-state index in [1.54, 1.807) is 4.90 Å². The Kier molecular flexibility index (Phi) is 6.25. The van der Waals surface area contributed by atoms with Crippen molar-refractivity contribution in [1.29, 1.82) is 0 Å². The molecule has 2 aromatic rings. The largest absolute Gasteiger partial charge is 0.368 e. The van der Waals surface area contributed by atoms with E-state index in [1.165, 1.54) is 17.0 Å². The van der Waals surface area contributed by atoms with Gasteiger partial charge < -0.3 is 14.7 Å². The SMILES string of the molecule is O=C(C1CCN(c2nnc(N3CCCCC3=O)s2)CC1)N1CCN(c2ccccc2)CC1. The average Bonchev–Trinajstić information content (AvgIpc) is 3.35. The quantitative estimate of drug-likeness (QED) is 0.707. The first-order valence-corrected chi connectivity index (χ1v) is 12.5. The van der Waals surface area contributed by atoms with E-state index in [0.29, 0.717) is 17.5 Å². The van der Waals surface area contributed by atoms with Crippen molar-refractivity contribution in [3.63, 3.8) is 0 Å². The van der Waals surface area contributed by atoms with E-state index in [0.717, 1.165) is 76.6 Å². The van der Waals surface area contributed by atoms with Gasteiger partial charge in [-0.3, -0.25) is 14.5 Å². The second-order valence-corrected chi connectivity index (χ2v) is 9.71. The summed E-state index contributed by atoms with van der Waals surface area (Å²) in [5.74, 6) is 0.537. The maximum absolute atomic E-state index is 13.1. The van der Waals surface area contributed by atoms with Gasteiger partial charge in [0.05, 0.1) is 0 Å². The van der Waals surface area contributed by atoms with E-state index < -0.39 is 0 Å². The number of para-hydroxylation sites is 1. The molecule has 0 saturated carbocycles. The highest BCUT2D eigenvalue weighted by Gasteiger charge is 2.32. The van der Waals surface area contributed by atoms with Gasteiger partial charge in [0.25, 0.3) is 0 Å². The van der Waals surface area contributed by atoms with E-state index in [9.17, 15) is 9.59 Å². The Morgan fingerprint density at radius 1 is 0.844 bits per heavy atom. The van der Waals surface area contributed by atoms with Crippen molar-refractivity contribution >= 4 is 39.1 Å². The van der Waals surface area contributed by atoms with Crippen LogP contribution in [0.2, 0.25) is 0 Å². The third-order valence-electron chi connectivity index (χ3n) is 6.79. The van der Waals surface area contributed by atoms with Crippen molar-refractivity contribution in [3.05, 3.63) is 30.3 Å². The Labute approximate surface area is 192 Å². The molecule has 3 saturated heterocycles. The van der Waals surface area contributed by atoms with Gasteiger partial charge in [-0.05, 0) is 37.8 Å². The smallest absolute Gasteiger partial charge is 0.228 e. The van der Waals surface area contributed by atoms with Crippen LogP contribution in [0.1, 0.15) is 32.1 Å². The molecule has 0 radical (unpaired) electrons. The highest BCUT2D eigenvalue weighted by molar-refractivity contribution is 7.19. The lowest BCUT2D eigenvalue weighted by molar-refractivity contribution is -0.136. The molecule has 170 valence electrons. The van der Waals surface area contributed by atoms with Gasteiger partial charge in [-0.2, -0.15) is 0 Å². The first kappa shape index (κ1) is 21.2. The fraction of sp³-hybridized carbons (Fsp3) is 0.565. The fourth-order valence-corrected chi connectivity index (χ4v) is 5.79. The number of carbonyl (C=O) groups is 2. The monoisotopic (exact) mass is 454 g/mol. The van der Waals surface area contributed by atoms with Gasteiger partial charge >= 0.3 is 0 Å². The lowest BCUT2D eigenvalue weighted by Crippen LogP contribution is -2.51. The van der Waals surface area contributed by atoms with Crippen molar-refractivity contribution in [2.75, 3.05) is 60.5 Å². The Hall–Kier alpha value is -2.68. The van der Waals surface area contributed by atoms with Crippen LogP contribution in [0.15, 0.2) is 30.3 Å². The van der Waals surface area contributed by atoms with Crippen LogP contribution in [0.3, 0.4) is 0 Å². The molecule has 32 heavy (non-hydrogen) atoms. The molecule has 8 nitrogen and oxygen atoms in total. The zero-order valence-corrected chi connectivity index (χ0v) is 19.2. The minimum Gasteiger partial charge on any atom is -0.368 e. The fourth-order valence-electron chi connectivity index (χ4n) is 4.85. The maximum atomic E-state index is 13.1. The molecule has 5 rings (SSSR count). The highest BCUT2D eigenvalue weighted by atomic mass is 32.1. The second kappa shape index (κ2) is 9.44. The van der Waals surface area contributed by atoms with Crippen molar-refractivity contribution in [2.45, 2.75) is 32.1 Å². The molecule has 0 atom stereocenters. The van der Waals surface area contributed by atoms with Crippen LogP contribution in [0.4, 0.5) is 16.0 Å². The van der Waals surface area contributed by atoms with Gasteiger partial charge in [-0.15, -0.1) is 10.2 Å². The van der Waals surface area contributed by atoms with E-state index in [2.05, 4.69) is 44.3 Å². The van der Waals surface area contributed by atoms with Gasteiger partial charge in [0.1, 0.15) is 0 Å². The summed E-state index contributed by atoms with van der Waals surface area (Å²) in [6.07, 6.45) is 4.27. The number of hydrogen-bond acceptors (Lipinski definition) is 7. The topological polar surface area (TPSA) is 72.9 Å². The molecule has 4 heterocycles. The Bertz CT molecular complexity index is 935. The molecule has 1 aromatic heterocycles. The number of nitrogens with zero attached hydrogens (tertiary/aromatic N) is 6. The highest BCUT2D eigenvalue weighted by Crippen LogP contribution is 2.32. The van der Waals surface area contributed by atoms with Crippen molar-refractivity contribution in [1.82, 2.24) is 15.1 Å². The predicted octanol–water partition coefficient (Wildman–Crippen LogP) is 2.62. The minimum absolute atomic E-state index is 0.0885. The van der Waals surface area contributed by atoms with Crippen LogP contribution in [0, 0.1) is 5.92 Å². The molecular formula is C23H30N6O2S. The lowest BCUT2D eigenvalue weighted by Gasteiger charge is -2.39. The zero-order valence-electron chi connectivity index (χ0n) is 18.4. The first-order chi connectivity index (χ1) is 15.7. The molecule has 9 heteroatoms. The van der Waals surface area contributed by atoms with Crippen molar-refractivity contribution in [3.8, 4) is 0 Å². The van der Waals surface area contributed by atoms with E-state index in [1.807, 2.05) is 11.0 Å². The van der Waals surface area contributed by atoms with Crippen LogP contribution >= 0.6 is 11.3 Å². The second-order valence-electron chi connectivity index (χ2n) is 8.78. The molecule has 2 amide bonds. The number of piperidine rings is 2. The lowest BCUT2D eigenvalue weighted by atomic mass is 9.95. The number of hydrogen-bond donors (Lipinski definition) is 0. The molecule has 0 spiro atoms. The van der Waals surface area contributed by atoms with Gasteiger partial charge in [0.2, 0.25) is 22.1 Å². The number of rotatable bonds is 4. The maximum Gasteiger partial charge on any atom is 0.228 e. The minimum atomic E-state index is 0.0885. The van der Waals surface area contributed by atoms with E-state index in [-0.39, 0.29) is 11.8 Å². The number of amides is 2. The summed E-state index contributed by atoms with van der Waals surface area (Å²) in [5.41, 5.74) is 1.23. The molecule has 0 bridgehead atoms. The molecule has 1 aromatic carbocycles. The summed E-state index contributed by atoms with van der Waals surface area (Å²) in [6.45, 7) is 5.71. The van der Waals surface area contributed by atoms with Gasteiger partial charge in [0, 0.05) is 63.8 Å². The standard InChI is InChI=1S/C23H30N6O2S/c30-20-8-4-5-11-29(20)23-25-24-22(32-23)28-12-9-18(10-13-28)21(31)27-16-14-26(15-17-27)19-6-2-1-3-7-19/h1-3,6-7,18H,4-5,8-17H2. The summed E-state index contributed by atoms with van der Waals surface area (Å²) < 4.78 is 0. The van der Waals surface area contributed by atoms with Gasteiger partial charge in [-0.1, -0.05) is 29.5 Å². The predicted molar refractivity (Wildman–Crippen MR) is 126 cm³/mol. The molecule has 3 fully saturated rings. The molecule has 3 aliphatic heterocycles. The third-order valence-corrected chi connectivity index (χ3v) is 7.79. The summed E-state index contributed by atoms with van der Waals surface area (Å²) >= 11 is 1.49. The van der Waals surface area contributed by atoms with Crippen LogP contribution in [0.25, 0.3) is 0 Å². The Morgan fingerprint density at radius 3 is 2.28 bits per heavy atom. The first-order valence-electron chi connectivity index (χ1n) is 11.7. The summed E-state index contributed by atoms with van der Waals surface area (Å²) in [5, 5.41) is 10.2.